The van der Waals surface area contributed by atoms with Gasteiger partial charge in [0.1, 0.15) is 17.3 Å². The number of carbonyl (C=O) groups is 2. The minimum absolute atomic E-state index is 0.0250. The van der Waals surface area contributed by atoms with Crippen LogP contribution in [0.2, 0.25) is 0 Å². The standard InChI is InChI=1S/C29H25N3O5S2/c1-3-37-22-15-9-19(10-16-22)24-23(25(33)20-11-13-21(36-2)14-12-20)26(34)27(35)32(24)28-30-31-29(39-28)38-17-18-7-5-4-6-8-18/h4-16,24,33H,3,17H2,1-2H3/b25-23-. The molecule has 4 aromatic rings. The number of anilines is 1. The molecule has 1 N–H and O–H groups in total. The van der Waals surface area contributed by atoms with Crippen LogP contribution in [-0.2, 0) is 15.3 Å². The molecule has 2 heterocycles. The van der Waals surface area contributed by atoms with Gasteiger partial charge in [-0.05, 0) is 54.4 Å². The van der Waals surface area contributed by atoms with E-state index in [1.54, 1.807) is 55.6 Å². The van der Waals surface area contributed by atoms with Gasteiger partial charge in [0.15, 0.2) is 4.34 Å². The summed E-state index contributed by atoms with van der Waals surface area (Å²) in [7, 11) is 1.54. The Hall–Kier alpha value is -4.15. The third-order valence-electron chi connectivity index (χ3n) is 6.12. The summed E-state index contributed by atoms with van der Waals surface area (Å²) in [6, 6.07) is 22.8. The zero-order valence-electron chi connectivity index (χ0n) is 21.2. The van der Waals surface area contributed by atoms with Crippen molar-refractivity contribution < 1.29 is 24.2 Å². The lowest BCUT2D eigenvalue weighted by Crippen LogP contribution is -2.29. The predicted molar refractivity (Wildman–Crippen MR) is 151 cm³/mol. The summed E-state index contributed by atoms with van der Waals surface area (Å²) >= 11 is 2.73. The molecule has 0 spiro atoms. The fourth-order valence-electron chi connectivity index (χ4n) is 4.24. The molecule has 1 saturated heterocycles. The van der Waals surface area contributed by atoms with E-state index in [0.717, 1.165) is 5.56 Å². The molecule has 1 aliphatic rings. The number of thioether (sulfide) groups is 1. The number of aromatic nitrogens is 2. The molecule has 39 heavy (non-hydrogen) atoms. The molecule has 1 atom stereocenters. The van der Waals surface area contributed by atoms with Gasteiger partial charge in [-0.15, -0.1) is 10.2 Å². The van der Waals surface area contributed by atoms with Crippen molar-refractivity contribution in [1.29, 1.82) is 0 Å². The summed E-state index contributed by atoms with van der Waals surface area (Å²) in [6.07, 6.45) is 0. The molecule has 1 aromatic heterocycles. The number of methoxy groups -OCH3 is 1. The van der Waals surface area contributed by atoms with Gasteiger partial charge < -0.3 is 14.6 Å². The fraction of sp³-hybridized carbons (Fsp3) is 0.172. The number of amides is 1. The van der Waals surface area contributed by atoms with Gasteiger partial charge in [-0.1, -0.05) is 65.6 Å². The van der Waals surface area contributed by atoms with E-state index in [1.165, 1.54) is 28.0 Å². The number of hydrogen-bond acceptors (Lipinski definition) is 9. The molecular weight excluding hydrogens is 534 g/mol. The van der Waals surface area contributed by atoms with Crippen molar-refractivity contribution in [3.05, 3.63) is 101 Å². The van der Waals surface area contributed by atoms with Crippen molar-refractivity contribution >= 4 is 45.7 Å². The quantitative estimate of drug-likeness (QED) is 0.0894. The second kappa shape index (κ2) is 11.7. The van der Waals surface area contributed by atoms with Crippen LogP contribution in [0.4, 0.5) is 5.13 Å². The number of carbonyl (C=O) groups excluding carboxylic acids is 2. The Balaban J connectivity index is 1.54. The van der Waals surface area contributed by atoms with Crippen molar-refractivity contribution in [3.8, 4) is 11.5 Å². The van der Waals surface area contributed by atoms with Crippen molar-refractivity contribution in [2.75, 3.05) is 18.6 Å². The molecule has 3 aromatic carbocycles. The largest absolute Gasteiger partial charge is 0.507 e. The first kappa shape index (κ1) is 26.5. The molecule has 0 aliphatic carbocycles. The predicted octanol–water partition coefficient (Wildman–Crippen LogP) is 5.86. The van der Waals surface area contributed by atoms with Crippen LogP contribution in [0.3, 0.4) is 0 Å². The highest BCUT2D eigenvalue weighted by Gasteiger charge is 2.48. The minimum Gasteiger partial charge on any atom is -0.507 e. The molecule has 8 nitrogen and oxygen atoms in total. The van der Waals surface area contributed by atoms with E-state index in [-0.39, 0.29) is 16.5 Å². The average molecular weight is 560 g/mol. The Morgan fingerprint density at radius 2 is 1.67 bits per heavy atom. The maximum absolute atomic E-state index is 13.4. The molecule has 1 unspecified atom stereocenters. The van der Waals surface area contributed by atoms with Gasteiger partial charge in [-0.25, -0.2) is 0 Å². The molecular formula is C29H25N3O5S2. The maximum Gasteiger partial charge on any atom is 0.301 e. The number of nitrogens with zero attached hydrogens (tertiary/aromatic N) is 3. The summed E-state index contributed by atoms with van der Waals surface area (Å²) in [5.41, 5.74) is 2.12. The summed E-state index contributed by atoms with van der Waals surface area (Å²) in [6.45, 7) is 2.39. The molecule has 1 fully saturated rings. The van der Waals surface area contributed by atoms with Gasteiger partial charge in [0.2, 0.25) is 5.13 Å². The van der Waals surface area contributed by atoms with Crippen LogP contribution in [0.25, 0.3) is 5.76 Å². The van der Waals surface area contributed by atoms with Crippen molar-refractivity contribution in [3.63, 3.8) is 0 Å². The second-order valence-electron chi connectivity index (χ2n) is 8.52. The lowest BCUT2D eigenvalue weighted by molar-refractivity contribution is -0.132. The molecule has 10 heteroatoms. The minimum atomic E-state index is -0.900. The summed E-state index contributed by atoms with van der Waals surface area (Å²) < 4.78 is 11.4. The lowest BCUT2D eigenvalue weighted by Gasteiger charge is -2.22. The van der Waals surface area contributed by atoms with Crippen molar-refractivity contribution in [2.24, 2.45) is 0 Å². The number of aliphatic hydroxyl groups is 1. The first-order valence-corrected chi connectivity index (χ1v) is 14.0. The summed E-state index contributed by atoms with van der Waals surface area (Å²) in [5, 5.41) is 20.1. The third-order valence-corrected chi connectivity index (χ3v) is 8.25. The van der Waals surface area contributed by atoms with Crippen molar-refractivity contribution in [2.45, 2.75) is 23.1 Å². The highest BCUT2D eigenvalue weighted by Crippen LogP contribution is 2.44. The smallest absolute Gasteiger partial charge is 0.301 e. The van der Waals surface area contributed by atoms with E-state index >= 15 is 0 Å². The Bertz CT molecular complexity index is 1500. The molecule has 0 radical (unpaired) electrons. The first-order valence-electron chi connectivity index (χ1n) is 12.2. The zero-order valence-corrected chi connectivity index (χ0v) is 22.9. The van der Waals surface area contributed by atoms with Crippen molar-refractivity contribution in [1.82, 2.24) is 10.2 Å². The maximum atomic E-state index is 13.4. The Kier molecular flexibility index (Phi) is 7.94. The molecule has 1 aliphatic heterocycles. The number of benzene rings is 3. The van der Waals surface area contributed by atoms with Crippen LogP contribution >= 0.6 is 23.1 Å². The number of Topliss-reactive ketones (excluding diaryl/α,β-unsaturated/α-hetero) is 1. The highest BCUT2D eigenvalue weighted by molar-refractivity contribution is 8.00. The average Bonchev–Trinajstić information content (AvgIpc) is 3.54. The van der Waals surface area contributed by atoms with E-state index in [2.05, 4.69) is 10.2 Å². The van der Waals surface area contributed by atoms with Crippen LogP contribution in [0.1, 0.15) is 29.7 Å². The van der Waals surface area contributed by atoms with Crippen LogP contribution < -0.4 is 14.4 Å². The molecule has 5 rings (SSSR count). The van der Waals surface area contributed by atoms with Gasteiger partial charge in [-0.3, -0.25) is 14.5 Å². The van der Waals surface area contributed by atoms with Gasteiger partial charge in [0.25, 0.3) is 5.78 Å². The lowest BCUT2D eigenvalue weighted by atomic mass is 9.95. The third kappa shape index (κ3) is 5.52. The topological polar surface area (TPSA) is 102 Å². The van der Waals surface area contributed by atoms with Crippen LogP contribution in [0.15, 0.2) is 88.8 Å². The van der Waals surface area contributed by atoms with E-state index in [4.69, 9.17) is 9.47 Å². The number of rotatable bonds is 9. The number of ketones is 1. The fourth-order valence-corrected chi connectivity index (χ4v) is 6.06. The first-order chi connectivity index (χ1) is 19.0. The van der Waals surface area contributed by atoms with Gasteiger partial charge in [-0.2, -0.15) is 0 Å². The Labute approximate surface area is 233 Å². The van der Waals surface area contributed by atoms with E-state index in [0.29, 0.717) is 39.3 Å². The van der Waals surface area contributed by atoms with E-state index < -0.39 is 17.7 Å². The number of hydrogen-bond donors (Lipinski definition) is 1. The molecule has 198 valence electrons. The van der Waals surface area contributed by atoms with Crippen LogP contribution in [-0.4, -0.2) is 40.7 Å². The Morgan fingerprint density at radius 1 is 0.974 bits per heavy atom. The summed E-state index contributed by atoms with van der Waals surface area (Å²) in [4.78, 5) is 28.1. The van der Waals surface area contributed by atoms with Gasteiger partial charge in [0, 0.05) is 11.3 Å². The highest BCUT2D eigenvalue weighted by atomic mass is 32.2. The Morgan fingerprint density at radius 3 is 2.33 bits per heavy atom. The van der Waals surface area contributed by atoms with Gasteiger partial charge in [0.05, 0.1) is 25.3 Å². The van der Waals surface area contributed by atoms with E-state index in [9.17, 15) is 14.7 Å². The molecule has 0 bridgehead atoms. The summed E-state index contributed by atoms with van der Waals surface area (Å²) in [5.74, 6) is 0.0955. The normalized spacial score (nSPS) is 16.5. The second-order valence-corrected chi connectivity index (χ2v) is 10.7. The zero-order chi connectivity index (χ0) is 27.4. The van der Waals surface area contributed by atoms with Crippen LogP contribution in [0.5, 0.6) is 11.5 Å². The molecule has 1 amide bonds. The monoisotopic (exact) mass is 559 g/mol. The SMILES string of the molecule is CCOc1ccc(C2/C(=C(/O)c3ccc(OC)cc3)C(=O)C(=O)N2c2nnc(SCc3ccccc3)s2)cc1. The molecule has 0 saturated carbocycles. The number of ether oxygens (including phenoxy) is 2. The van der Waals surface area contributed by atoms with Gasteiger partial charge >= 0.3 is 5.91 Å². The number of aliphatic hydroxyl groups excluding tert-OH is 1. The van der Waals surface area contributed by atoms with Crippen LogP contribution in [0, 0.1) is 0 Å². The van der Waals surface area contributed by atoms with E-state index in [1.807, 2.05) is 37.3 Å².